The largest absolute Gasteiger partial charge is 0.462 e. The van der Waals surface area contributed by atoms with Gasteiger partial charge in [-0.05, 0) is 51.2 Å². The van der Waals surface area contributed by atoms with Crippen LogP contribution in [0, 0.1) is 0 Å². The fourth-order valence-corrected chi connectivity index (χ4v) is 3.33. The Labute approximate surface area is 166 Å². The number of hydrogen-bond acceptors (Lipinski definition) is 4. The van der Waals surface area contributed by atoms with Crippen LogP contribution in [0.15, 0.2) is 35.9 Å². The van der Waals surface area contributed by atoms with Crippen LogP contribution in [-0.2, 0) is 14.3 Å². The third kappa shape index (κ3) is 6.51. The van der Waals surface area contributed by atoms with Crippen LogP contribution in [0.1, 0.15) is 62.7 Å². The lowest BCUT2D eigenvalue weighted by Gasteiger charge is -2.23. The Morgan fingerprint density at radius 2 is 1.96 bits per heavy atom. The van der Waals surface area contributed by atoms with E-state index < -0.39 is 5.97 Å². The van der Waals surface area contributed by atoms with E-state index >= 15 is 0 Å². The summed E-state index contributed by atoms with van der Waals surface area (Å²) >= 11 is 0. The zero-order valence-corrected chi connectivity index (χ0v) is 16.8. The minimum absolute atomic E-state index is 0.101. The molecular formula is C22H30N2O4. The monoisotopic (exact) mass is 386 g/mol. The minimum Gasteiger partial charge on any atom is -0.462 e. The zero-order valence-electron chi connectivity index (χ0n) is 16.8. The number of carbonyl (C=O) groups is 3. The number of para-hydroxylation sites is 1. The lowest BCUT2D eigenvalue weighted by molar-refractivity contribution is -0.121. The van der Waals surface area contributed by atoms with Crippen molar-refractivity contribution >= 4 is 23.5 Å². The van der Waals surface area contributed by atoms with Crippen molar-refractivity contribution in [1.82, 2.24) is 5.32 Å². The van der Waals surface area contributed by atoms with Crippen LogP contribution in [0.4, 0.5) is 5.69 Å². The molecule has 0 radical (unpaired) electrons. The molecule has 152 valence electrons. The van der Waals surface area contributed by atoms with E-state index in [-0.39, 0.29) is 31.4 Å². The fraction of sp³-hybridized carbons (Fsp3) is 0.500. The first-order chi connectivity index (χ1) is 13.5. The summed E-state index contributed by atoms with van der Waals surface area (Å²) in [7, 11) is 0. The molecule has 0 fully saturated rings. The van der Waals surface area contributed by atoms with Crippen molar-refractivity contribution in [2.45, 2.75) is 52.4 Å². The predicted molar refractivity (Wildman–Crippen MR) is 109 cm³/mol. The van der Waals surface area contributed by atoms with Gasteiger partial charge in [0.05, 0.1) is 17.9 Å². The summed E-state index contributed by atoms with van der Waals surface area (Å²) < 4.78 is 5.07. The molecule has 1 aliphatic carbocycles. The van der Waals surface area contributed by atoms with Gasteiger partial charge in [-0.1, -0.05) is 23.8 Å². The second-order valence-electron chi connectivity index (χ2n) is 6.87. The summed E-state index contributed by atoms with van der Waals surface area (Å²) in [4.78, 5) is 38.0. The third-order valence-corrected chi connectivity index (χ3v) is 4.79. The molecule has 1 N–H and O–H groups in total. The zero-order chi connectivity index (χ0) is 20.4. The SMILES string of the molecule is CCOC(=O)c1ccccc1N(CCC(=O)NCCC1=CCCCC1)C(C)=O. The van der Waals surface area contributed by atoms with Crippen molar-refractivity contribution in [2.24, 2.45) is 0 Å². The van der Waals surface area contributed by atoms with Gasteiger partial charge in [0, 0.05) is 26.4 Å². The maximum Gasteiger partial charge on any atom is 0.340 e. The molecule has 1 aliphatic rings. The van der Waals surface area contributed by atoms with Crippen LogP contribution in [-0.4, -0.2) is 37.5 Å². The summed E-state index contributed by atoms with van der Waals surface area (Å²) in [6.45, 7) is 4.24. The van der Waals surface area contributed by atoms with E-state index in [2.05, 4.69) is 11.4 Å². The molecule has 6 heteroatoms. The fourth-order valence-electron chi connectivity index (χ4n) is 3.33. The average molecular weight is 386 g/mol. The van der Waals surface area contributed by atoms with Gasteiger partial charge < -0.3 is 15.0 Å². The number of nitrogens with one attached hydrogen (secondary N) is 1. The number of nitrogens with zero attached hydrogens (tertiary/aromatic N) is 1. The number of anilines is 1. The predicted octanol–water partition coefficient (Wildman–Crippen LogP) is 3.61. The summed E-state index contributed by atoms with van der Waals surface area (Å²) in [6, 6.07) is 6.80. The molecule has 0 heterocycles. The molecule has 0 aromatic heterocycles. The number of ether oxygens (including phenoxy) is 1. The average Bonchev–Trinajstić information content (AvgIpc) is 2.69. The molecule has 0 saturated carbocycles. The maximum atomic E-state index is 12.2. The van der Waals surface area contributed by atoms with E-state index in [9.17, 15) is 14.4 Å². The summed E-state index contributed by atoms with van der Waals surface area (Å²) in [5, 5.41) is 2.92. The molecule has 2 rings (SSSR count). The van der Waals surface area contributed by atoms with Gasteiger partial charge in [-0.2, -0.15) is 0 Å². The highest BCUT2D eigenvalue weighted by Gasteiger charge is 2.20. The van der Waals surface area contributed by atoms with Gasteiger partial charge in [0.15, 0.2) is 0 Å². The maximum absolute atomic E-state index is 12.2. The second-order valence-corrected chi connectivity index (χ2v) is 6.87. The summed E-state index contributed by atoms with van der Waals surface area (Å²) in [5.41, 5.74) is 2.21. The Balaban J connectivity index is 1.92. The van der Waals surface area contributed by atoms with Crippen molar-refractivity contribution in [3.8, 4) is 0 Å². The molecule has 0 bridgehead atoms. The highest BCUT2D eigenvalue weighted by molar-refractivity contribution is 6.02. The summed E-state index contributed by atoms with van der Waals surface area (Å²) in [5.74, 6) is -0.803. The Morgan fingerprint density at radius 3 is 2.64 bits per heavy atom. The number of carbonyl (C=O) groups excluding carboxylic acids is 3. The molecule has 6 nitrogen and oxygen atoms in total. The quantitative estimate of drug-likeness (QED) is 0.520. The first kappa shape index (κ1) is 21.7. The highest BCUT2D eigenvalue weighted by Crippen LogP contribution is 2.22. The van der Waals surface area contributed by atoms with E-state index in [0.29, 0.717) is 17.8 Å². The Bertz CT molecular complexity index is 727. The Kier molecular flexibility index (Phi) is 8.72. The third-order valence-electron chi connectivity index (χ3n) is 4.79. The van der Waals surface area contributed by atoms with Gasteiger partial charge in [0.25, 0.3) is 0 Å². The van der Waals surface area contributed by atoms with Gasteiger partial charge >= 0.3 is 5.97 Å². The van der Waals surface area contributed by atoms with Crippen LogP contribution in [0.3, 0.4) is 0 Å². The molecular weight excluding hydrogens is 356 g/mol. The van der Waals surface area contributed by atoms with Crippen molar-refractivity contribution in [3.05, 3.63) is 41.5 Å². The smallest absolute Gasteiger partial charge is 0.340 e. The Hall–Kier alpha value is -2.63. The van der Waals surface area contributed by atoms with Crippen molar-refractivity contribution < 1.29 is 19.1 Å². The first-order valence-corrected chi connectivity index (χ1v) is 10.0. The van der Waals surface area contributed by atoms with Gasteiger partial charge in [-0.15, -0.1) is 0 Å². The number of benzene rings is 1. The van der Waals surface area contributed by atoms with Gasteiger partial charge in [0.2, 0.25) is 11.8 Å². The lowest BCUT2D eigenvalue weighted by atomic mass is 9.97. The number of hydrogen-bond donors (Lipinski definition) is 1. The molecule has 0 saturated heterocycles. The van der Waals surface area contributed by atoms with Crippen molar-refractivity contribution in [1.29, 1.82) is 0 Å². The van der Waals surface area contributed by atoms with E-state index in [0.717, 1.165) is 19.3 Å². The van der Waals surface area contributed by atoms with E-state index in [4.69, 9.17) is 4.74 Å². The number of esters is 1. The molecule has 2 amide bonds. The minimum atomic E-state index is -0.477. The summed E-state index contributed by atoms with van der Waals surface area (Å²) in [6.07, 6.45) is 8.08. The van der Waals surface area contributed by atoms with Gasteiger partial charge in [-0.25, -0.2) is 4.79 Å². The van der Waals surface area contributed by atoms with Crippen LogP contribution in [0.2, 0.25) is 0 Å². The van der Waals surface area contributed by atoms with E-state index in [1.807, 2.05) is 0 Å². The van der Waals surface area contributed by atoms with Crippen molar-refractivity contribution in [2.75, 3.05) is 24.6 Å². The standard InChI is InChI=1S/C22H30N2O4/c1-3-28-22(27)19-11-7-8-12-20(19)24(17(2)25)16-14-21(26)23-15-13-18-9-5-4-6-10-18/h7-9,11-12H,3-6,10,13-16H2,1-2H3,(H,23,26). The lowest BCUT2D eigenvalue weighted by Crippen LogP contribution is -2.35. The van der Waals surface area contributed by atoms with E-state index in [1.165, 1.54) is 30.2 Å². The van der Waals surface area contributed by atoms with Crippen molar-refractivity contribution in [3.63, 3.8) is 0 Å². The van der Waals surface area contributed by atoms with Crippen LogP contribution in [0.5, 0.6) is 0 Å². The Morgan fingerprint density at radius 1 is 1.18 bits per heavy atom. The van der Waals surface area contributed by atoms with Crippen LogP contribution < -0.4 is 10.2 Å². The second kappa shape index (κ2) is 11.3. The number of rotatable bonds is 9. The molecule has 0 atom stereocenters. The number of amides is 2. The van der Waals surface area contributed by atoms with Crippen LogP contribution >= 0.6 is 0 Å². The molecule has 0 unspecified atom stereocenters. The normalized spacial score (nSPS) is 13.4. The molecule has 28 heavy (non-hydrogen) atoms. The topological polar surface area (TPSA) is 75.7 Å². The molecule has 0 spiro atoms. The number of allylic oxidation sites excluding steroid dienone is 1. The van der Waals surface area contributed by atoms with Gasteiger partial charge in [0.1, 0.15) is 0 Å². The van der Waals surface area contributed by atoms with Crippen LogP contribution in [0.25, 0.3) is 0 Å². The highest BCUT2D eigenvalue weighted by atomic mass is 16.5. The first-order valence-electron chi connectivity index (χ1n) is 10.0. The molecule has 1 aromatic rings. The molecule has 1 aromatic carbocycles. The van der Waals surface area contributed by atoms with E-state index in [1.54, 1.807) is 31.2 Å². The molecule has 0 aliphatic heterocycles. The van der Waals surface area contributed by atoms with Gasteiger partial charge in [-0.3, -0.25) is 9.59 Å².